The first-order valence-corrected chi connectivity index (χ1v) is 9.49. The van der Waals surface area contributed by atoms with Crippen molar-refractivity contribution < 1.29 is 29.4 Å². The zero-order chi connectivity index (χ0) is 22.1. The van der Waals surface area contributed by atoms with Gasteiger partial charge in [0.15, 0.2) is 0 Å². The largest absolute Gasteiger partial charge is 0.481 e. The summed E-state index contributed by atoms with van der Waals surface area (Å²) >= 11 is 0. The van der Waals surface area contributed by atoms with E-state index in [1.165, 1.54) is 12.1 Å². The molecule has 0 fully saturated rings. The molecule has 3 aromatic carbocycles. The second-order valence-electron chi connectivity index (χ2n) is 7.15. The molecule has 0 radical (unpaired) electrons. The topological polar surface area (TPSA) is 112 Å². The summed E-state index contributed by atoms with van der Waals surface area (Å²) in [4.78, 5) is 49.6. The van der Waals surface area contributed by atoms with E-state index >= 15 is 0 Å². The fraction of sp³-hybridized carbons (Fsp3) is 0.0833. The van der Waals surface area contributed by atoms with E-state index in [0.717, 1.165) is 22.1 Å². The van der Waals surface area contributed by atoms with Crippen LogP contribution in [0.15, 0.2) is 72.8 Å². The van der Waals surface area contributed by atoms with E-state index in [9.17, 15) is 29.4 Å². The summed E-state index contributed by atoms with van der Waals surface area (Å²) in [5.74, 6) is -3.74. The lowest BCUT2D eigenvalue weighted by atomic mass is 9.98. The van der Waals surface area contributed by atoms with Gasteiger partial charge in [0.1, 0.15) is 0 Å². The molecular formula is C24H17NO6. The molecule has 0 bridgehead atoms. The van der Waals surface area contributed by atoms with Gasteiger partial charge in [-0.15, -0.1) is 0 Å². The molecule has 1 aliphatic heterocycles. The van der Waals surface area contributed by atoms with E-state index in [1.807, 2.05) is 30.3 Å². The molecule has 0 saturated heterocycles. The van der Waals surface area contributed by atoms with Crippen LogP contribution in [-0.4, -0.2) is 38.9 Å². The van der Waals surface area contributed by atoms with Gasteiger partial charge in [0.25, 0.3) is 11.8 Å². The number of hydrogen-bond acceptors (Lipinski definition) is 4. The quantitative estimate of drug-likeness (QED) is 0.591. The van der Waals surface area contributed by atoms with Gasteiger partial charge in [-0.3, -0.25) is 19.3 Å². The number of carboxylic acids is 2. The SMILES string of the molecule is O=C(O)CC(c1ccc(-c2ccccc2)cc1)N1C(=O)c2ccc(C(=O)O)cc2C1=O. The van der Waals surface area contributed by atoms with Crippen molar-refractivity contribution in [2.75, 3.05) is 0 Å². The number of benzene rings is 3. The third kappa shape index (κ3) is 3.69. The Hall–Kier alpha value is -4.26. The Morgan fingerprint density at radius 3 is 2.00 bits per heavy atom. The maximum Gasteiger partial charge on any atom is 0.335 e. The van der Waals surface area contributed by atoms with Crippen LogP contribution in [0, 0.1) is 0 Å². The molecule has 31 heavy (non-hydrogen) atoms. The third-order valence-corrected chi connectivity index (χ3v) is 5.25. The molecule has 1 atom stereocenters. The van der Waals surface area contributed by atoms with Crippen LogP contribution >= 0.6 is 0 Å². The molecule has 0 saturated carbocycles. The van der Waals surface area contributed by atoms with Crippen molar-refractivity contribution in [3.05, 3.63) is 95.1 Å². The summed E-state index contributed by atoms with van der Waals surface area (Å²) in [6.07, 6.45) is -0.470. The van der Waals surface area contributed by atoms with Crippen LogP contribution in [0.2, 0.25) is 0 Å². The minimum Gasteiger partial charge on any atom is -0.481 e. The van der Waals surface area contributed by atoms with E-state index in [2.05, 4.69) is 0 Å². The predicted molar refractivity (Wildman–Crippen MR) is 111 cm³/mol. The average molecular weight is 415 g/mol. The van der Waals surface area contributed by atoms with Crippen LogP contribution in [0.4, 0.5) is 0 Å². The van der Waals surface area contributed by atoms with Crippen LogP contribution in [0.1, 0.15) is 49.1 Å². The predicted octanol–water partition coefficient (Wildman–Crippen LogP) is 3.86. The van der Waals surface area contributed by atoms with Gasteiger partial charge in [-0.1, -0.05) is 54.6 Å². The van der Waals surface area contributed by atoms with Gasteiger partial charge in [0, 0.05) is 0 Å². The number of aliphatic carboxylic acids is 1. The molecular weight excluding hydrogens is 398 g/mol. The smallest absolute Gasteiger partial charge is 0.335 e. The van der Waals surface area contributed by atoms with E-state index in [-0.39, 0.29) is 16.7 Å². The van der Waals surface area contributed by atoms with Crippen LogP contribution in [0.3, 0.4) is 0 Å². The Morgan fingerprint density at radius 2 is 1.39 bits per heavy atom. The maximum atomic E-state index is 13.0. The summed E-state index contributed by atoms with van der Waals surface area (Å²) in [5.41, 5.74) is 2.28. The van der Waals surface area contributed by atoms with Gasteiger partial charge in [-0.05, 0) is 34.9 Å². The Labute approximate surface area is 177 Å². The van der Waals surface area contributed by atoms with Crippen LogP contribution < -0.4 is 0 Å². The van der Waals surface area contributed by atoms with Gasteiger partial charge in [-0.2, -0.15) is 0 Å². The molecule has 0 aromatic heterocycles. The highest BCUT2D eigenvalue weighted by Crippen LogP contribution is 2.35. The molecule has 2 N–H and O–H groups in total. The molecule has 0 aliphatic carbocycles. The fourth-order valence-electron chi connectivity index (χ4n) is 3.73. The summed E-state index contributed by atoms with van der Waals surface area (Å²) < 4.78 is 0. The summed E-state index contributed by atoms with van der Waals surface area (Å²) in [6, 6.07) is 19.2. The summed E-state index contributed by atoms with van der Waals surface area (Å²) in [7, 11) is 0. The van der Waals surface area contributed by atoms with Crippen molar-refractivity contribution in [3.8, 4) is 11.1 Å². The van der Waals surface area contributed by atoms with Gasteiger partial charge in [-0.25, -0.2) is 4.79 Å². The lowest BCUT2D eigenvalue weighted by molar-refractivity contribution is -0.138. The van der Waals surface area contributed by atoms with Crippen molar-refractivity contribution >= 4 is 23.8 Å². The maximum absolute atomic E-state index is 13.0. The molecule has 7 nitrogen and oxygen atoms in total. The molecule has 0 spiro atoms. The van der Waals surface area contributed by atoms with Crippen LogP contribution in [0.5, 0.6) is 0 Å². The number of fused-ring (bicyclic) bond motifs is 1. The molecule has 1 unspecified atom stereocenters. The number of carbonyl (C=O) groups is 4. The molecule has 2 amide bonds. The molecule has 154 valence electrons. The van der Waals surface area contributed by atoms with Gasteiger partial charge >= 0.3 is 11.9 Å². The normalized spacial score (nSPS) is 13.7. The first kappa shape index (κ1) is 20.0. The van der Waals surface area contributed by atoms with Gasteiger partial charge in [0.05, 0.1) is 29.2 Å². The van der Waals surface area contributed by atoms with Crippen molar-refractivity contribution in [2.24, 2.45) is 0 Å². The number of rotatable bonds is 6. The van der Waals surface area contributed by atoms with Crippen molar-refractivity contribution in [3.63, 3.8) is 0 Å². The molecule has 3 aromatic rings. The Kier molecular flexibility index (Phi) is 5.09. The van der Waals surface area contributed by atoms with Gasteiger partial charge in [0.2, 0.25) is 0 Å². The monoisotopic (exact) mass is 415 g/mol. The van der Waals surface area contributed by atoms with E-state index in [0.29, 0.717) is 5.56 Å². The molecule has 4 rings (SSSR count). The number of nitrogens with zero attached hydrogens (tertiary/aromatic N) is 1. The van der Waals surface area contributed by atoms with Crippen molar-refractivity contribution in [1.29, 1.82) is 0 Å². The molecule has 7 heteroatoms. The Balaban J connectivity index is 1.71. The lowest BCUT2D eigenvalue weighted by Gasteiger charge is -2.25. The number of aromatic carboxylic acids is 1. The van der Waals surface area contributed by atoms with E-state index in [4.69, 9.17) is 0 Å². The molecule has 1 heterocycles. The van der Waals surface area contributed by atoms with Crippen molar-refractivity contribution in [2.45, 2.75) is 12.5 Å². The Bertz CT molecular complexity index is 1200. The highest BCUT2D eigenvalue weighted by molar-refractivity contribution is 6.22. The minimum atomic E-state index is -1.22. The van der Waals surface area contributed by atoms with Crippen molar-refractivity contribution in [1.82, 2.24) is 4.90 Å². The van der Waals surface area contributed by atoms with E-state index < -0.39 is 36.2 Å². The summed E-state index contributed by atoms with van der Waals surface area (Å²) in [6.45, 7) is 0. The number of carboxylic acid groups (broad SMARTS) is 2. The van der Waals surface area contributed by atoms with Crippen LogP contribution in [0.25, 0.3) is 11.1 Å². The minimum absolute atomic E-state index is 0.0406. The highest BCUT2D eigenvalue weighted by atomic mass is 16.4. The van der Waals surface area contributed by atoms with Crippen LogP contribution in [-0.2, 0) is 4.79 Å². The zero-order valence-corrected chi connectivity index (χ0v) is 16.2. The third-order valence-electron chi connectivity index (χ3n) is 5.25. The second kappa shape index (κ2) is 7.87. The first-order valence-electron chi connectivity index (χ1n) is 9.49. The number of amides is 2. The average Bonchev–Trinajstić information content (AvgIpc) is 3.02. The number of hydrogen-bond donors (Lipinski definition) is 2. The summed E-state index contributed by atoms with van der Waals surface area (Å²) in [5, 5.41) is 18.6. The Morgan fingerprint density at radius 1 is 0.774 bits per heavy atom. The van der Waals surface area contributed by atoms with E-state index in [1.54, 1.807) is 24.3 Å². The van der Waals surface area contributed by atoms with Gasteiger partial charge < -0.3 is 10.2 Å². The zero-order valence-electron chi connectivity index (χ0n) is 16.2. The standard InChI is InChI=1S/C24H17NO6/c26-21(27)13-20(16-8-6-15(7-9-16)14-4-2-1-3-5-14)25-22(28)18-11-10-17(24(30)31)12-19(18)23(25)29/h1-12,20H,13H2,(H,26,27)(H,30,31). The highest BCUT2D eigenvalue weighted by Gasteiger charge is 2.41. The fourth-order valence-corrected chi connectivity index (χ4v) is 3.73. The number of carbonyl (C=O) groups excluding carboxylic acids is 2. The lowest BCUT2D eigenvalue weighted by Crippen LogP contribution is -2.35. The first-order chi connectivity index (χ1) is 14.9. The molecule has 1 aliphatic rings. The second-order valence-corrected chi connectivity index (χ2v) is 7.15. The number of imide groups is 1.